The second-order valence-corrected chi connectivity index (χ2v) is 6.20. The molecule has 2 heterocycles. The van der Waals surface area contributed by atoms with Crippen molar-refractivity contribution < 1.29 is 4.79 Å². The molecule has 0 saturated heterocycles. The number of carbonyl (C=O) groups excluding carboxylic acids is 1. The van der Waals surface area contributed by atoms with Crippen LogP contribution in [0.25, 0.3) is 5.65 Å². The van der Waals surface area contributed by atoms with Crippen molar-refractivity contribution in [3.05, 3.63) is 101 Å². The number of ketones is 1. The standard InChI is InChI=1S/C14H11N3O.C8H10/c15-12-9-17-8-11(6-7-13(17)16-12)14(18)10-4-2-1-3-5-10;1-7-3-5-8(2)6-4-7/h1-9H,15H2;3-6H,1-2H3. The zero-order valence-electron chi connectivity index (χ0n) is 14.9. The molecule has 0 atom stereocenters. The van der Waals surface area contributed by atoms with Crippen LogP contribution in [0.1, 0.15) is 27.0 Å². The summed E-state index contributed by atoms with van der Waals surface area (Å²) in [6.45, 7) is 4.19. The van der Waals surface area contributed by atoms with Gasteiger partial charge in [-0.15, -0.1) is 0 Å². The number of imidazole rings is 1. The van der Waals surface area contributed by atoms with Gasteiger partial charge in [0.05, 0.1) is 6.20 Å². The molecule has 0 aliphatic rings. The van der Waals surface area contributed by atoms with E-state index in [1.54, 1.807) is 41.1 Å². The number of nitrogens with two attached hydrogens (primary N) is 1. The fourth-order valence-corrected chi connectivity index (χ4v) is 2.54. The molecule has 0 aliphatic carbocycles. The van der Waals surface area contributed by atoms with Crippen LogP contribution in [-0.2, 0) is 0 Å². The molecule has 2 aromatic heterocycles. The lowest BCUT2D eigenvalue weighted by Gasteiger charge is -2.01. The third-order valence-corrected chi connectivity index (χ3v) is 3.99. The number of nitrogens with zero attached hydrogens (tertiary/aromatic N) is 2. The molecule has 4 aromatic rings. The van der Waals surface area contributed by atoms with Crippen LogP contribution in [-0.4, -0.2) is 15.2 Å². The number of hydrogen-bond donors (Lipinski definition) is 1. The Morgan fingerprint density at radius 3 is 2.04 bits per heavy atom. The SMILES string of the molecule is Cc1ccc(C)cc1.Nc1cn2cc(C(=O)c3ccccc3)ccc2n1. The van der Waals surface area contributed by atoms with E-state index in [1.165, 1.54) is 11.1 Å². The molecule has 130 valence electrons. The molecule has 0 saturated carbocycles. The van der Waals surface area contributed by atoms with Gasteiger partial charge >= 0.3 is 0 Å². The number of rotatable bonds is 2. The van der Waals surface area contributed by atoms with Gasteiger partial charge in [-0.3, -0.25) is 4.79 Å². The molecule has 4 heteroatoms. The van der Waals surface area contributed by atoms with E-state index in [-0.39, 0.29) is 5.78 Å². The number of benzene rings is 2. The van der Waals surface area contributed by atoms with Crippen molar-refractivity contribution in [3.8, 4) is 0 Å². The Bertz CT molecular complexity index is 997. The normalized spacial score (nSPS) is 10.2. The Kier molecular flexibility index (Phi) is 5.13. The van der Waals surface area contributed by atoms with Gasteiger partial charge in [0.1, 0.15) is 11.5 Å². The molecule has 26 heavy (non-hydrogen) atoms. The average Bonchev–Trinajstić information content (AvgIpc) is 3.04. The van der Waals surface area contributed by atoms with Gasteiger partial charge in [0.25, 0.3) is 0 Å². The van der Waals surface area contributed by atoms with Crippen molar-refractivity contribution in [2.75, 3.05) is 5.73 Å². The van der Waals surface area contributed by atoms with E-state index in [9.17, 15) is 4.79 Å². The molecule has 0 spiro atoms. The van der Waals surface area contributed by atoms with Gasteiger partial charge in [-0.2, -0.15) is 0 Å². The molecule has 2 N–H and O–H groups in total. The lowest BCUT2D eigenvalue weighted by Crippen LogP contribution is -2.02. The minimum Gasteiger partial charge on any atom is -0.382 e. The summed E-state index contributed by atoms with van der Waals surface area (Å²) in [7, 11) is 0. The monoisotopic (exact) mass is 343 g/mol. The molecular formula is C22H21N3O. The highest BCUT2D eigenvalue weighted by molar-refractivity contribution is 6.08. The van der Waals surface area contributed by atoms with Crippen LogP contribution in [0, 0.1) is 13.8 Å². The predicted molar refractivity (Wildman–Crippen MR) is 105 cm³/mol. The first kappa shape index (κ1) is 17.4. The van der Waals surface area contributed by atoms with Gasteiger partial charge in [0.15, 0.2) is 5.78 Å². The summed E-state index contributed by atoms with van der Waals surface area (Å²) in [5.74, 6) is 0.434. The van der Waals surface area contributed by atoms with E-state index in [1.807, 2.05) is 18.2 Å². The van der Waals surface area contributed by atoms with E-state index >= 15 is 0 Å². The highest BCUT2D eigenvalue weighted by atomic mass is 16.1. The van der Waals surface area contributed by atoms with Crippen LogP contribution < -0.4 is 5.73 Å². The van der Waals surface area contributed by atoms with Gasteiger partial charge in [-0.05, 0) is 26.0 Å². The third-order valence-electron chi connectivity index (χ3n) is 3.99. The lowest BCUT2D eigenvalue weighted by atomic mass is 10.1. The van der Waals surface area contributed by atoms with Crippen LogP contribution in [0.5, 0.6) is 0 Å². The number of carbonyl (C=O) groups is 1. The first-order chi connectivity index (χ1) is 12.5. The van der Waals surface area contributed by atoms with Crippen LogP contribution in [0.15, 0.2) is 79.1 Å². The molecule has 0 amide bonds. The van der Waals surface area contributed by atoms with Crippen LogP contribution in [0.3, 0.4) is 0 Å². The predicted octanol–water partition coefficient (Wildman–Crippen LogP) is 4.45. The molecule has 2 aromatic carbocycles. The summed E-state index contributed by atoms with van der Waals surface area (Å²) in [4.78, 5) is 16.3. The first-order valence-corrected chi connectivity index (χ1v) is 8.40. The maximum absolute atomic E-state index is 12.2. The number of nitrogen functional groups attached to an aromatic ring is 1. The minimum atomic E-state index is -0.00947. The van der Waals surface area contributed by atoms with E-state index in [0.29, 0.717) is 16.9 Å². The van der Waals surface area contributed by atoms with Crippen molar-refractivity contribution in [1.29, 1.82) is 0 Å². The average molecular weight is 343 g/mol. The molecule has 0 aliphatic heterocycles. The topological polar surface area (TPSA) is 60.4 Å². The van der Waals surface area contributed by atoms with E-state index in [2.05, 4.69) is 43.1 Å². The van der Waals surface area contributed by atoms with Gasteiger partial charge in [0.2, 0.25) is 0 Å². The van der Waals surface area contributed by atoms with Crippen molar-refractivity contribution >= 4 is 17.2 Å². The van der Waals surface area contributed by atoms with Crippen LogP contribution >= 0.6 is 0 Å². The Balaban J connectivity index is 0.000000206. The van der Waals surface area contributed by atoms with Gasteiger partial charge in [0, 0.05) is 17.3 Å². The number of pyridine rings is 1. The Morgan fingerprint density at radius 2 is 1.42 bits per heavy atom. The first-order valence-electron chi connectivity index (χ1n) is 8.40. The van der Waals surface area contributed by atoms with Crippen LogP contribution in [0.4, 0.5) is 5.82 Å². The molecule has 0 bridgehead atoms. The smallest absolute Gasteiger partial charge is 0.194 e. The number of anilines is 1. The maximum atomic E-state index is 12.2. The molecule has 4 rings (SSSR count). The molecule has 0 fully saturated rings. The maximum Gasteiger partial charge on any atom is 0.194 e. The van der Waals surface area contributed by atoms with Crippen LogP contribution in [0.2, 0.25) is 0 Å². The summed E-state index contributed by atoms with van der Waals surface area (Å²) in [6, 6.07) is 21.2. The zero-order valence-corrected chi connectivity index (χ0v) is 14.9. The fourth-order valence-electron chi connectivity index (χ4n) is 2.54. The second-order valence-electron chi connectivity index (χ2n) is 6.20. The van der Waals surface area contributed by atoms with Crippen molar-refractivity contribution in [1.82, 2.24) is 9.38 Å². The minimum absolute atomic E-state index is 0.00947. The van der Waals surface area contributed by atoms with E-state index in [4.69, 9.17) is 5.73 Å². The largest absolute Gasteiger partial charge is 0.382 e. The summed E-state index contributed by atoms with van der Waals surface area (Å²) in [6.07, 6.45) is 3.44. The number of aryl methyl sites for hydroxylation is 2. The molecular weight excluding hydrogens is 322 g/mol. The third kappa shape index (κ3) is 4.16. The van der Waals surface area contributed by atoms with Gasteiger partial charge < -0.3 is 10.1 Å². The summed E-state index contributed by atoms with van der Waals surface area (Å²) >= 11 is 0. The number of hydrogen-bond acceptors (Lipinski definition) is 3. The molecule has 4 nitrogen and oxygen atoms in total. The number of aromatic nitrogens is 2. The second kappa shape index (κ2) is 7.66. The van der Waals surface area contributed by atoms with Crippen molar-refractivity contribution in [2.45, 2.75) is 13.8 Å². The quantitative estimate of drug-likeness (QED) is 0.547. The zero-order chi connectivity index (χ0) is 18.5. The fraction of sp³-hybridized carbons (Fsp3) is 0.0909. The highest BCUT2D eigenvalue weighted by Gasteiger charge is 2.09. The Labute approximate surface area is 152 Å². The summed E-state index contributed by atoms with van der Waals surface area (Å²) in [5, 5.41) is 0. The molecule has 0 radical (unpaired) electrons. The van der Waals surface area contributed by atoms with E-state index < -0.39 is 0 Å². The van der Waals surface area contributed by atoms with Gasteiger partial charge in [-0.25, -0.2) is 4.98 Å². The Morgan fingerprint density at radius 1 is 0.808 bits per heavy atom. The van der Waals surface area contributed by atoms with Gasteiger partial charge in [-0.1, -0.05) is 65.7 Å². The van der Waals surface area contributed by atoms with Crippen molar-refractivity contribution in [3.63, 3.8) is 0 Å². The summed E-state index contributed by atoms with van der Waals surface area (Å²) in [5.41, 5.74) is 10.3. The summed E-state index contributed by atoms with van der Waals surface area (Å²) < 4.78 is 1.76. The molecule has 0 unspecified atom stereocenters. The Hall–Kier alpha value is -3.40. The highest BCUT2D eigenvalue weighted by Crippen LogP contribution is 2.13. The lowest BCUT2D eigenvalue weighted by molar-refractivity contribution is 0.103. The number of fused-ring (bicyclic) bond motifs is 1. The van der Waals surface area contributed by atoms with Crippen molar-refractivity contribution in [2.24, 2.45) is 0 Å². The van der Waals surface area contributed by atoms with E-state index in [0.717, 1.165) is 5.65 Å².